The molecule has 2 aromatic rings. The monoisotopic (exact) mass is 418 g/mol. The molecule has 0 aliphatic heterocycles. The SMILES string of the molecule is CCOC(=O)c1ccc(NC(=O)/C(C#N)=C/c2cc(Cl)cc(Cl)c2OC)cc1. The number of anilines is 1. The normalized spacial score (nSPS) is 10.8. The zero-order chi connectivity index (χ0) is 20.7. The van der Waals surface area contributed by atoms with Crippen molar-refractivity contribution < 1.29 is 19.1 Å². The Bertz CT molecular complexity index is 963. The van der Waals surface area contributed by atoms with E-state index in [0.717, 1.165) is 0 Å². The van der Waals surface area contributed by atoms with Gasteiger partial charge in [-0.3, -0.25) is 4.79 Å². The standard InChI is InChI=1S/C20H16Cl2N2O4/c1-3-28-20(26)12-4-6-16(7-5-12)24-19(25)14(11-23)8-13-9-15(21)10-17(22)18(13)27-2/h4-10H,3H2,1-2H3,(H,24,25)/b14-8+. The van der Waals surface area contributed by atoms with E-state index in [1.807, 2.05) is 6.07 Å². The maximum Gasteiger partial charge on any atom is 0.338 e. The van der Waals surface area contributed by atoms with Crippen molar-refractivity contribution in [2.24, 2.45) is 0 Å². The lowest BCUT2D eigenvalue weighted by atomic mass is 10.1. The molecule has 2 aromatic carbocycles. The molecule has 0 fully saturated rings. The minimum absolute atomic E-state index is 0.175. The number of rotatable bonds is 6. The van der Waals surface area contributed by atoms with Crippen LogP contribution < -0.4 is 10.1 Å². The molecule has 0 spiro atoms. The summed E-state index contributed by atoms with van der Waals surface area (Å²) in [4.78, 5) is 24.1. The lowest BCUT2D eigenvalue weighted by Crippen LogP contribution is -2.13. The van der Waals surface area contributed by atoms with Crippen LogP contribution in [0, 0.1) is 11.3 Å². The summed E-state index contributed by atoms with van der Waals surface area (Å²) in [7, 11) is 1.42. The third-order valence-electron chi connectivity index (χ3n) is 3.56. The molecule has 0 unspecified atom stereocenters. The van der Waals surface area contributed by atoms with Crippen molar-refractivity contribution in [2.75, 3.05) is 19.0 Å². The summed E-state index contributed by atoms with van der Waals surface area (Å²) in [6.07, 6.45) is 1.33. The molecule has 1 amide bonds. The predicted molar refractivity (Wildman–Crippen MR) is 108 cm³/mol. The molecule has 0 saturated carbocycles. The number of hydrogen-bond acceptors (Lipinski definition) is 5. The molecule has 0 aliphatic rings. The van der Waals surface area contributed by atoms with E-state index in [4.69, 9.17) is 32.7 Å². The van der Waals surface area contributed by atoms with Crippen LogP contribution in [0.2, 0.25) is 10.0 Å². The average Bonchev–Trinajstić information content (AvgIpc) is 2.66. The highest BCUT2D eigenvalue weighted by atomic mass is 35.5. The van der Waals surface area contributed by atoms with E-state index in [1.54, 1.807) is 6.92 Å². The summed E-state index contributed by atoms with van der Waals surface area (Å²) in [5.74, 6) is -0.794. The number of carbonyl (C=O) groups excluding carboxylic acids is 2. The molecule has 8 heteroatoms. The van der Waals surface area contributed by atoms with Gasteiger partial charge < -0.3 is 14.8 Å². The van der Waals surface area contributed by atoms with Gasteiger partial charge in [0, 0.05) is 16.3 Å². The Morgan fingerprint density at radius 1 is 1.21 bits per heavy atom. The van der Waals surface area contributed by atoms with Crippen molar-refractivity contribution in [3.63, 3.8) is 0 Å². The van der Waals surface area contributed by atoms with Crippen LogP contribution >= 0.6 is 23.2 Å². The first-order valence-electron chi connectivity index (χ1n) is 8.13. The second kappa shape index (κ2) is 9.79. The van der Waals surface area contributed by atoms with E-state index < -0.39 is 11.9 Å². The molecular weight excluding hydrogens is 403 g/mol. The van der Waals surface area contributed by atoms with E-state index in [0.29, 0.717) is 27.6 Å². The molecule has 0 radical (unpaired) electrons. The van der Waals surface area contributed by atoms with Crippen molar-refractivity contribution in [1.29, 1.82) is 5.26 Å². The highest BCUT2D eigenvalue weighted by molar-refractivity contribution is 6.36. The van der Waals surface area contributed by atoms with Crippen molar-refractivity contribution in [3.05, 3.63) is 63.1 Å². The largest absolute Gasteiger partial charge is 0.495 e. The van der Waals surface area contributed by atoms with E-state index in [-0.39, 0.29) is 17.2 Å². The number of amides is 1. The molecule has 0 aromatic heterocycles. The smallest absolute Gasteiger partial charge is 0.338 e. The van der Waals surface area contributed by atoms with Crippen LogP contribution in [0.15, 0.2) is 42.0 Å². The number of halogens is 2. The van der Waals surface area contributed by atoms with Crippen molar-refractivity contribution in [3.8, 4) is 11.8 Å². The van der Waals surface area contributed by atoms with Gasteiger partial charge in [0.15, 0.2) is 0 Å². The molecule has 0 heterocycles. The third kappa shape index (κ3) is 5.26. The number of nitriles is 1. The minimum Gasteiger partial charge on any atom is -0.495 e. The second-order valence-electron chi connectivity index (χ2n) is 5.43. The quantitative estimate of drug-likeness (QED) is 0.416. The molecule has 1 N–H and O–H groups in total. The summed E-state index contributed by atoms with van der Waals surface area (Å²) in [6, 6.07) is 11.0. The Kier molecular flexibility index (Phi) is 7.44. The van der Waals surface area contributed by atoms with Gasteiger partial charge in [0.2, 0.25) is 0 Å². The third-order valence-corrected chi connectivity index (χ3v) is 4.06. The number of nitrogens with one attached hydrogen (secondary N) is 1. The van der Waals surface area contributed by atoms with E-state index in [1.165, 1.54) is 49.6 Å². The van der Waals surface area contributed by atoms with E-state index >= 15 is 0 Å². The highest BCUT2D eigenvalue weighted by Crippen LogP contribution is 2.33. The molecule has 6 nitrogen and oxygen atoms in total. The lowest BCUT2D eigenvalue weighted by molar-refractivity contribution is -0.112. The second-order valence-corrected chi connectivity index (χ2v) is 6.28. The van der Waals surface area contributed by atoms with Crippen molar-refractivity contribution >= 4 is 46.8 Å². The number of benzene rings is 2. The van der Waals surface area contributed by atoms with Crippen LogP contribution in [-0.2, 0) is 9.53 Å². The van der Waals surface area contributed by atoms with Crippen molar-refractivity contribution in [2.45, 2.75) is 6.92 Å². The average molecular weight is 419 g/mol. The number of hydrogen-bond donors (Lipinski definition) is 1. The maximum absolute atomic E-state index is 12.4. The summed E-state index contributed by atoms with van der Waals surface area (Å²) in [6.45, 7) is 1.98. The van der Waals surface area contributed by atoms with Crippen LogP contribution in [0.25, 0.3) is 6.08 Å². The number of carbonyl (C=O) groups is 2. The number of ether oxygens (including phenoxy) is 2. The molecule has 0 atom stereocenters. The fourth-order valence-corrected chi connectivity index (χ4v) is 2.90. The van der Waals surface area contributed by atoms with Gasteiger partial charge in [-0.25, -0.2) is 4.79 Å². The molecule has 0 saturated heterocycles. The zero-order valence-electron chi connectivity index (χ0n) is 15.1. The molecule has 2 rings (SSSR count). The first kappa shape index (κ1) is 21.3. The Hall–Kier alpha value is -3.01. The van der Waals surface area contributed by atoms with Gasteiger partial charge in [0.1, 0.15) is 17.4 Å². The molecule has 0 bridgehead atoms. The van der Waals surface area contributed by atoms with Gasteiger partial charge in [0.05, 0.1) is 24.3 Å². The highest BCUT2D eigenvalue weighted by Gasteiger charge is 2.14. The topological polar surface area (TPSA) is 88.4 Å². The summed E-state index contributed by atoms with van der Waals surface area (Å²) >= 11 is 12.1. The predicted octanol–water partition coefficient (Wildman–Crippen LogP) is 4.72. The molecular formula is C20H16Cl2N2O4. The number of esters is 1. The summed E-state index contributed by atoms with van der Waals surface area (Å²) in [5.41, 5.74) is 0.986. The minimum atomic E-state index is -0.635. The summed E-state index contributed by atoms with van der Waals surface area (Å²) in [5, 5.41) is 12.6. The van der Waals surface area contributed by atoms with Crippen LogP contribution in [0.5, 0.6) is 5.75 Å². The first-order chi connectivity index (χ1) is 13.4. The summed E-state index contributed by atoms with van der Waals surface area (Å²) < 4.78 is 10.1. The van der Waals surface area contributed by atoms with Crippen molar-refractivity contribution in [1.82, 2.24) is 0 Å². The van der Waals surface area contributed by atoms with Gasteiger partial charge in [-0.2, -0.15) is 5.26 Å². The van der Waals surface area contributed by atoms with Crippen LogP contribution in [-0.4, -0.2) is 25.6 Å². The Balaban J connectivity index is 2.24. The maximum atomic E-state index is 12.4. The Labute approximate surface area is 172 Å². The van der Waals surface area contributed by atoms with Gasteiger partial charge in [-0.15, -0.1) is 0 Å². The lowest BCUT2D eigenvalue weighted by Gasteiger charge is -2.09. The van der Waals surface area contributed by atoms with Gasteiger partial charge in [-0.05, 0) is 49.4 Å². The fourth-order valence-electron chi connectivity index (χ4n) is 2.31. The van der Waals surface area contributed by atoms with E-state index in [9.17, 15) is 14.9 Å². The molecule has 28 heavy (non-hydrogen) atoms. The van der Waals surface area contributed by atoms with Crippen LogP contribution in [0.1, 0.15) is 22.8 Å². The molecule has 144 valence electrons. The first-order valence-corrected chi connectivity index (χ1v) is 8.88. The Morgan fingerprint density at radius 3 is 2.46 bits per heavy atom. The molecule has 0 aliphatic carbocycles. The van der Waals surface area contributed by atoms with E-state index in [2.05, 4.69) is 5.32 Å². The Morgan fingerprint density at radius 2 is 1.89 bits per heavy atom. The zero-order valence-corrected chi connectivity index (χ0v) is 16.6. The van der Waals surface area contributed by atoms with Gasteiger partial charge in [-0.1, -0.05) is 23.2 Å². The number of nitrogens with zero attached hydrogens (tertiary/aromatic N) is 1. The van der Waals surface area contributed by atoms with Crippen LogP contribution in [0.4, 0.5) is 5.69 Å². The van der Waals surface area contributed by atoms with Gasteiger partial charge >= 0.3 is 5.97 Å². The fraction of sp³-hybridized carbons (Fsp3) is 0.150. The van der Waals surface area contributed by atoms with Crippen LogP contribution in [0.3, 0.4) is 0 Å². The van der Waals surface area contributed by atoms with Gasteiger partial charge in [0.25, 0.3) is 5.91 Å². The number of methoxy groups -OCH3 is 1.